The van der Waals surface area contributed by atoms with Gasteiger partial charge in [-0.25, -0.2) is 13.6 Å². The van der Waals surface area contributed by atoms with Crippen molar-refractivity contribution in [2.24, 2.45) is 0 Å². The number of halogens is 2. The number of hydrogen-bond donors (Lipinski definition) is 1. The van der Waals surface area contributed by atoms with Gasteiger partial charge < -0.3 is 5.11 Å². The number of rotatable bonds is 2. The fraction of sp³-hybridized carbons (Fsp3) is 0.154. The van der Waals surface area contributed by atoms with E-state index in [1.165, 1.54) is 18.6 Å². The lowest BCUT2D eigenvalue weighted by atomic mass is 10.1. The van der Waals surface area contributed by atoms with Gasteiger partial charge in [-0.3, -0.25) is 9.97 Å². The van der Waals surface area contributed by atoms with Crippen LogP contribution in [0.1, 0.15) is 24.2 Å². The zero-order valence-electron chi connectivity index (χ0n) is 10.4. The van der Waals surface area contributed by atoms with Crippen molar-refractivity contribution in [3.05, 3.63) is 47.9 Å². The minimum Gasteiger partial charge on any atom is -0.477 e. The van der Waals surface area contributed by atoms with Crippen LogP contribution < -0.4 is 0 Å². The Kier molecular flexibility index (Phi) is 5.05. The zero-order chi connectivity index (χ0) is 14.4. The van der Waals surface area contributed by atoms with E-state index < -0.39 is 23.2 Å². The van der Waals surface area contributed by atoms with Gasteiger partial charge in [-0.1, -0.05) is 13.8 Å². The molecule has 19 heavy (non-hydrogen) atoms. The van der Waals surface area contributed by atoms with Crippen LogP contribution in [0, 0.1) is 11.6 Å². The molecular weight excluding hydrogens is 254 g/mol. The summed E-state index contributed by atoms with van der Waals surface area (Å²) in [5.41, 5.74) is -0.571. The summed E-state index contributed by atoms with van der Waals surface area (Å²) < 4.78 is 26.8. The van der Waals surface area contributed by atoms with Crippen LogP contribution in [-0.2, 0) is 0 Å². The third-order valence-electron chi connectivity index (χ3n) is 2.11. The molecule has 0 fully saturated rings. The number of carbonyl (C=O) groups is 1. The lowest BCUT2D eigenvalue weighted by Gasteiger charge is -2.04. The first-order valence-electron chi connectivity index (χ1n) is 5.58. The van der Waals surface area contributed by atoms with Crippen LogP contribution in [0.5, 0.6) is 0 Å². The second kappa shape index (κ2) is 6.53. The molecule has 0 bridgehead atoms. The molecule has 1 aromatic carbocycles. The summed E-state index contributed by atoms with van der Waals surface area (Å²) in [4.78, 5) is 18.2. The van der Waals surface area contributed by atoms with Crippen LogP contribution in [0.25, 0.3) is 11.3 Å². The standard InChI is InChI=1S/C11H6F2N2O2.C2H6/c12-7-3-6(9-5-14-1-2-15-9)4-8(13)10(7)11(16)17;1-2/h1-5H,(H,16,17);1-2H3. The van der Waals surface area contributed by atoms with Crippen molar-refractivity contribution in [2.75, 3.05) is 0 Å². The third-order valence-corrected chi connectivity index (χ3v) is 2.11. The molecule has 1 heterocycles. The van der Waals surface area contributed by atoms with Crippen molar-refractivity contribution in [1.29, 1.82) is 0 Å². The SMILES string of the molecule is CC.O=C(O)c1c(F)cc(-c2cnccn2)cc1F. The van der Waals surface area contributed by atoms with Gasteiger partial charge in [0, 0.05) is 18.0 Å². The highest BCUT2D eigenvalue weighted by Crippen LogP contribution is 2.22. The smallest absolute Gasteiger partial charge is 0.341 e. The maximum absolute atomic E-state index is 13.4. The minimum atomic E-state index is -1.65. The summed E-state index contributed by atoms with van der Waals surface area (Å²) in [6.07, 6.45) is 4.12. The molecule has 0 unspecified atom stereocenters. The molecule has 0 radical (unpaired) electrons. The monoisotopic (exact) mass is 266 g/mol. The van der Waals surface area contributed by atoms with E-state index in [2.05, 4.69) is 9.97 Å². The first-order chi connectivity index (χ1) is 9.09. The third kappa shape index (κ3) is 3.31. The molecule has 2 aromatic rings. The molecule has 0 saturated carbocycles. The van der Waals surface area contributed by atoms with Crippen LogP contribution in [0.4, 0.5) is 8.78 Å². The highest BCUT2D eigenvalue weighted by atomic mass is 19.1. The summed E-state index contributed by atoms with van der Waals surface area (Å²) in [6.45, 7) is 4.00. The van der Waals surface area contributed by atoms with E-state index in [0.29, 0.717) is 0 Å². The summed E-state index contributed by atoms with van der Waals surface area (Å²) in [5, 5.41) is 8.60. The Morgan fingerprint density at radius 3 is 2.16 bits per heavy atom. The van der Waals surface area contributed by atoms with Gasteiger partial charge in [-0.05, 0) is 12.1 Å². The van der Waals surface area contributed by atoms with Gasteiger partial charge in [-0.15, -0.1) is 0 Å². The summed E-state index contributed by atoms with van der Waals surface area (Å²) in [7, 11) is 0. The second-order valence-electron chi connectivity index (χ2n) is 3.21. The Morgan fingerprint density at radius 2 is 1.74 bits per heavy atom. The Bertz CT molecular complexity index is 551. The number of carboxylic acids is 1. The van der Waals surface area contributed by atoms with Crippen molar-refractivity contribution in [2.45, 2.75) is 13.8 Å². The molecule has 1 N–H and O–H groups in total. The van der Waals surface area contributed by atoms with Crippen molar-refractivity contribution in [3.8, 4) is 11.3 Å². The van der Waals surface area contributed by atoms with Crippen LogP contribution in [0.15, 0.2) is 30.7 Å². The van der Waals surface area contributed by atoms with E-state index in [-0.39, 0.29) is 11.3 Å². The minimum absolute atomic E-state index is 0.137. The molecule has 2 rings (SSSR count). The number of benzene rings is 1. The summed E-state index contributed by atoms with van der Waals surface area (Å²) in [5.74, 6) is -3.93. The maximum atomic E-state index is 13.4. The molecule has 6 heteroatoms. The highest BCUT2D eigenvalue weighted by molar-refractivity contribution is 5.89. The molecule has 0 atom stereocenters. The quantitative estimate of drug-likeness (QED) is 0.906. The predicted molar refractivity (Wildman–Crippen MR) is 65.7 cm³/mol. The van der Waals surface area contributed by atoms with Gasteiger partial charge in [0.2, 0.25) is 0 Å². The molecule has 1 aromatic heterocycles. The first kappa shape index (κ1) is 14.7. The maximum Gasteiger partial charge on any atom is 0.341 e. The Balaban J connectivity index is 0.000000861. The van der Waals surface area contributed by atoms with E-state index >= 15 is 0 Å². The molecule has 0 spiro atoms. The van der Waals surface area contributed by atoms with Gasteiger partial charge >= 0.3 is 5.97 Å². The van der Waals surface area contributed by atoms with Crippen molar-refractivity contribution < 1.29 is 18.7 Å². The van der Waals surface area contributed by atoms with Gasteiger partial charge in [0.15, 0.2) is 0 Å². The van der Waals surface area contributed by atoms with Gasteiger partial charge in [0.05, 0.1) is 11.9 Å². The van der Waals surface area contributed by atoms with Crippen molar-refractivity contribution in [3.63, 3.8) is 0 Å². The lowest BCUT2D eigenvalue weighted by Crippen LogP contribution is -2.05. The lowest BCUT2D eigenvalue weighted by molar-refractivity contribution is 0.0686. The summed E-state index contributed by atoms with van der Waals surface area (Å²) >= 11 is 0. The fourth-order valence-electron chi connectivity index (χ4n) is 1.37. The number of aromatic carboxylic acids is 1. The Hall–Kier alpha value is -2.37. The van der Waals surface area contributed by atoms with Crippen LogP contribution >= 0.6 is 0 Å². The van der Waals surface area contributed by atoms with Crippen LogP contribution in [0.3, 0.4) is 0 Å². The Morgan fingerprint density at radius 1 is 1.16 bits per heavy atom. The van der Waals surface area contributed by atoms with Gasteiger partial charge in [-0.2, -0.15) is 0 Å². The number of aromatic nitrogens is 2. The van der Waals surface area contributed by atoms with E-state index in [1.54, 1.807) is 0 Å². The van der Waals surface area contributed by atoms with Crippen LogP contribution in [0.2, 0.25) is 0 Å². The van der Waals surface area contributed by atoms with Crippen molar-refractivity contribution in [1.82, 2.24) is 9.97 Å². The molecule has 0 aliphatic rings. The number of nitrogens with zero attached hydrogens (tertiary/aromatic N) is 2. The molecule has 100 valence electrons. The zero-order valence-corrected chi connectivity index (χ0v) is 10.4. The molecule has 0 aliphatic carbocycles. The second-order valence-corrected chi connectivity index (χ2v) is 3.21. The largest absolute Gasteiger partial charge is 0.477 e. The average molecular weight is 266 g/mol. The van der Waals surface area contributed by atoms with Gasteiger partial charge in [0.25, 0.3) is 0 Å². The van der Waals surface area contributed by atoms with Crippen LogP contribution in [-0.4, -0.2) is 21.0 Å². The average Bonchev–Trinajstić information content (AvgIpc) is 2.40. The fourth-order valence-corrected chi connectivity index (χ4v) is 1.37. The molecule has 0 amide bonds. The first-order valence-corrected chi connectivity index (χ1v) is 5.58. The van der Waals surface area contributed by atoms with Crippen molar-refractivity contribution >= 4 is 5.97 Å². The number of carboxylic acid groups (broad SMARTS) is 1. The topological polar surface area (TPSA) is 63.1 Å². The highest BCUT2D eigenvalue weighted by Gasteiger charge is 2.18. The van der Waals surface area contributed by atoms with E-state index in [0.717, 1.165) is 12.1 Å². The van der Waals surface area contributed by atoms with Gasteiger partial charge in [0.1, 0.15) is 17.2 Å². The van der Waals surface area contributed by atoms with E-state index in [1.807, 2.05) is 13.8 Å². The Labute approximate surface area is 108 Å². The molecule has 4 nitrogen and oxygen atoms in total. The molecular formula is C13H12F2N2O2. The van der Waals surface area contributed by atoms with E-state index in [9.17, 15) is 13.6 Å². The normalized spacial score (nSPS) is 9.47. The predicted octanol–water partition coefficient (Wildman–Crippen LogP) is 3.15. The number of hydrogen-bond acceptors (Lipinski definition) is 3. The molecule has 0 aliphatic heterocycles. The molecule has 0 saturated heterocycles. The summed E-state index contributed by atoms with van der Waals surface area (Å²) in [6, 6.07) is 1.83. The van der Waals surface area contributed by atoms with E-state index in [4.69, 9.17) is 5.11 Å².